The Balaban J connectivity index is 1.37. The van der Waals surface area contributed by atoms with Gasteiger partial charge in [0.05, 0.1) is 0 Å². The van der Waals surface area contributed by atoms with Gasteiger partial charge in [-0.3, -0.25) is 4.98 Å². The van der Waals surface area contributed by atoms with Crippen molar-refractivity contribution >= 4 is 6.03 Å². The molecule has 24 heavy (non-hydrogen) atoms. The minimum Gasteiger partial charge on any atom is -0.460 e. The van der Waals surface area contributed by atoms with Crippen LogP contribution in [0.25, 0.3) is 0 Å². The maximum absolute atomic E-state index is 12.2. The average Bonchev–Trinajstić information content (AvgIpc) is 2.64. The third kappa shape index (κ3) is 4.65. The highest BCUT2D eigenvalue weighted by atomic mass is 16.5. The van der Waals surface area contributed by atoms with Gasteiger partial charge in [-0.15, -0.1) is 0 Å². The molecule has 0 spiro atoms. The SMILES string of the molecule is O=C(NCCc1cccnc1)N1CCC(Oc2ncccn2)CC1. The fourth-order valence-electron chi connectivity index (χ4n) is 2.64. The van der Waals surface area contributed by atoms with Crippen LogP contribution in [0.3, 0.4) is 0 Å². The molecule has 0 unspecified atom stereocenters. The average molecular weight is 327 g/mol. The Morgan fingerprint density at radius 3 is 2.71 bits per heavy atom. The number of hydrogen-bond acceptors (Lipinski definition) is 5. The van der Waals surface area contributed by atoms with Crippen molar-refractivity contribution in [2.45, 2.75) is 25.4 Å². The molecule has 0 radical (unpaired) electrons. The molecule has 1 saturated heterocycles. The number of nitrogens with one attached hydrogen (secondary N) is 1. The fraction of sp³-hybridized carbons (Fsp3) is 0.412. The van der Waals surface area contributed by atoms with Crippen LogP contribution in [0.4, 0.5) is 4.79 Å². The summed E-state index contributed by atoms with van der Waals surface area (Å²) in [7, 11) is 0. The lowest BCUT2D eigenvalue weighted by atomic mass is 10.1. The highest BCUT2D eigenvalue weighted by Crippen LogP contribution is 2.15. The van der Waals surface area contributed by atoms with Gasteiger partial charge in [0.25, 0.3) is 0 Å². The number of likely N-dealkylation sites (tertiary alicyclic amines) is 1. The summed E-state index contributed by atoms with van der Waals surface area (Å²) in [5, 5.41) is 2.96. The Bertz CT molecular complexity index is 630. The summed E-state index contributed by atoms with van der Waals surface area (Å²) in [4.78, 5) is 26.2. The smallest absolute Gasteiger partial charge is 0.317 e. The molecule has 0 saturated carbocycles. The summed E-state index contributed by atoms with van der Waals surface area (Å²) >= 11 is 0. The Labute approximate surface area is 141 Å². The van der Waals surface area contributed by atoms with E-state index in [0.29, 0.717) is 25.6 Å². The van der Waals surface area contributed by atoms with Gasteiger partial charge >= 0.3 is 12.0 Å². The highest BCUT2D eigenvalue weighted by molar-refractivity contribution is 5.74. The molecule has 7 heteroatoms. The first-order chi connectivity index (χ1) is 11.8. The molecule has 2 amide bonds. The van der Waals surface area contributed by atoms with Crippen LogP contribution in [-0.4, -0.2) is 51.6 Å². The van der Waals surface area contributed by atoms with E-state index in [2.05, 4.69) is 20.3 Å². The molecule has 0 atom stereocenters. The maximum Gasteiger partial charge on any atom is 0.317 e. The summed E-state index contributed by atoms with van der Waals surface area (Å²) in [6.07, 6.45) is 9.30. The molecule has 2 aromatic heterocycles. The van der Waals surface area contributed by atoms with Gasteiger partial charge in [-0.1, -0.05) is 6.07 Å². The first kappa shape index (κ1) is 16.2. The van der Waals surface area contributed by atoms with E-state index < -0.39 is 0 Å². The van der Waals surface area contributed by atoms with Crippen molar-refractivity contribution < 1.29 is 9.53 Å². The second-order valence-electron chi connectivity index (χ2n) is 5.68. The van der Waals surface area contributed by atoms with Crippen LogP contribution < -0.4 is 10.1 Å². The van der Waals surface area contributed by atoms with Crippen LogP contribution in [0, 0.1) is 0 Å². The van der Waals surface area contributed by atoms with E-state index in [0.717, 1.165) is 24.8 Å². The molecule has 1 fully saturated rings. The maximum atomic E-state index is 12.2. The van der Waals surface area contributed by atoms with Crippen LogP contribution in [0.5, 0.6) is 6.01 Å². The molecule has 2 aromatic rings. The molecular weight excluding hydrogens is 306 g/mol. The monoisotopic (exact) mass is 327 g/mol. The summed E-state index contributed by atoms with van der Waals surface area (Å²) in [6.45, 7) is 1.96. The van der Waals surface area contributed by atoms with Crippen LogP contribution in [0.1, 0.15) is 18.4 Å². The van der Waals surface area contributed by atoms with Crippen LogP contribution in [-0.2, 0) is 6.42 Å². The normalized spacial score (nSPS) is 15.1. The predicted octanol–water partition coefficient (Wildman–Crippen LogP) is 1.67. The molecular formula is C17H21N5O2. The molecule has 0 aromatic carbocycles. The molecule has 3 rings (SSSR count). The van der Waals surface area contributed by atoms with E-state index in [-0.39, 0.29) is 12.1 Å². The van der Waals surface area contributed by atoms with Gasteiger partial charge in [0, 0.05) is 57.3 Å². The van der Waals surface area contributed by atoms with E-state index in [1.807, 2.05) is 23.2 Å². The van der Waals surface area contributed by atoms with E-state index >= 15 is 0 Å². The molecule has 0 aliphatic carbocycles. The van der Waals surface area contributed by atoms with Crippen molar-refractivity contribution in [1.82, 2.24) is 25.2 Å². The molecule has 1 N–H and O–H groups in total. The Morgan fingerprint density at radius 1 is 1.21 bits per heavy atom. The van der Waals surface area contributed by atoms with Gasteiger partial charge in [-0.25, -0.2) is 14.8 Å². The van der Waals surface area contributed by atoms with E-state index in [9.17, 15) is 4.79 Å². The van der Waals surface area contributed by atoms with E-state index in [4.69, 9.17) is 4.74 Å². The fourth-order valence-corrected chi connectivity index (χ4v) is 2.64. The number of urea groups is 1. The van der Waals surface area contributed by atoms with Crippen molar-refractivity contribution in [2.24, 2.45) is 0 Å². The number of piperidine rings is 1. The molecule has 0 bridgehead atoms. The second kappa shape index (κ2) is 8.24. The quantitative estimate of drug-likeness (QED) is 0.903. The van der Waals surface area contributed by atoms with Crippen molar-refractivity contribution in [3.8, 4) is 6.01 Å². The lowest BCUT2D eigenvalue weighted by Gasteiger charge is -2.31. The van der Waals surface area contributed by atoms with Crippen molar-refractivity contribution in [3.63, 3.8) is 0 Å². The minimum atomic E-state index is -0.0201. The zero-order chi connectivity index (χ0) is 16.6. The number of hydrogen-bond donors (Lipinski definition) is 1. The lowest BCUT2D eigenvalue weighted by molar-refractivity contribution is 0.103. The van der Waals surface area contributed by atoms with Crippen molar-refractivity contribution in [3.05, 3.63) is 48.5 Å². The van der Waals surface area contributed by atoms with Gasteiger partial charge in [-0.05, 0) is 24.1 Å². The summed E-state index contributed by atoms with van der Waals surface area (Å²) in [5.74, 6) is 0. The molecule has 7 nitrogen and oxygen atoms in total. The van der Waals surface area contributed by atoms with E-state index in [1.54, 1.807) is 24.7 Å². The Hall–Kier alpha value is -2.70. The van der Waals surface area contributed by atoms with Crippen molar-refractivity contribution in [1.29, 1.82) is 0 Å². The molecule has 126 valence electrons. The number of nitrogens with zero attached hydrogens (tertiary/aromatic N) is 4. The standard InChI is InChI=1S/C17H21N5O2/c23-17(21-10-4-14-3-1-7-18-13-14)22-11-5-15(6-12-22)24-16-19-8-2-9-20-16/h1-3,7-9,13,15H,4-6,10-12H2,(H,21,23). The van der Waals surface area contributed by atoms with Gasteiger partial charge in [0.15, 0.2) is 0 Å². The topological polar surface area (TPSA) is 80.2 Å². The minimum absolute atomic E-state index is 0.0201. The van der Waals surface area contributed by atoms with Gasteiger partial charge < -0.3 is 15.0 Å². The molecule has 3 heterocycles. The summed E-state index contributed by atoms with van der Waals surface area (Å²) in [6, 6.07) is 6.04. The van der Waals surface area contributed by atoms with Gasteiger partial charge in [-0.2, -0.15) is 0 Å². The van der Waals surface area contributed by atoms with Gasteiger partial charge in [0.2, 0.25) is 0 Å². The largest absolute Gasteiger partial charge is 0.460 e. The first-order valence-electron chi connectivity index (χ1n) is 8.16. The second-order valence-corrected chi connectivity index (χ2v) is 5.68. The number of rotatable bonds is 5. The number of carbonyl (C=O) groups excluding carboxylic acids is 1. The lowest BCUT2D eigenvalue weighted by Crippen LogP contribution is -2.47. The summed E-state index contributed by atoms with van der Waals surface area (Å²) < 4.78 is 5.73. The first-order valence-corrected chi connectivity index (χ1v) is 8.16. The molecule has 1 aliphatic rings. The Morgan fingerprint density at radius 2 is 2.00 bits per heavy atom. The zero-order valence-electron chi connectivity index (χ0n) is 13.5. The number of amides is 2. The summed E-state index contributed by atoms with van der Waals surface area (Å²) in [5.41, 5.74) is 1.12. The highest BCUT2D eigenvalue weighted by Gasteiger charge is 2.24. The zero-order valence-corrected chi connectivity index (χ0v) is 13.5. The number of ether oxygens (including phenoxy) is 1. The van der Waals surface area contributed by atoms with Crippen LogP contribution >= 0.6 is 0 Å². The van der Waals surface area contributed by atoms with E-state index in [1.165, 1.54) is 0 Å². The predicted molar refractivity (Wildman–Crippen MR) is 88.6 cm³/mol. The van der Waals surface area contributed by atoms with Crippen LogP contribution in [0.2, 0.25) is 0 Å². The van der Waals surface area contributed by atoms with Crippen molar-refractivity contribution in [2.75, 3.05) is 19.6 Å². The Kier molecular flexibility index (Phi) is 5.55. The number of pyridine rings is 1. The molecule has 1 aliphatic heterocycles. The number of carbonyl (C=O) groups is 1. The van der Waals surface area contributed by atoms with Crippen LogP contribution in [0.15, 0.2) is 43.0 Å². The third-order valence-corrected chi connectivity index (χ3v) is 3.96. The van der Waals surface area contributed by atoms with Gasteiger partial charge in [0.1, 0.15) is 6.10 Å². The third-order valence-electron chi connectivity index (χ3n) is 3.96. The number of aromatic nitrogens is 3.